The molecule has 0 aliphatic heterocycles. The summed E-state index contributed by atoms with van der Waals surface area (Å²) < 4.78 is 11.2. The number of methoxy groups -OCH3 is 1. The third-order valence-electron chi connectivity index (χ3n) is 2.19. The SMILES string of the molecule is COCCNCC(O)COc1cc(Br)ccc1Cl. The molecule has 6 heteroatoms. The molecule has 1 unspecified atom stereocenters. The van der Waals surface area contributed by atoms with Crippen molar-refractivity contribution in [1.29, 1.82) is 0 Å². The number of nitrogens with one attached hydrogen (secondary N) is 1. The van der Waals surface area contributed by atoms with Crippen molar-refractivity contribution in [2.45, 2.75) is 6.10 Å². The average molecular weight is 339 g/mol. The summed E-state index contributed by atoms with van der Waals surface area (Å²) in [4.78, 5) is 0. The minimum atomic E-state index is -0.586. The van der Waals surface area contributed by atoms with Gasteiger partial charge in [-0.25, -0.2) is 0 Å². The lowest BCUT2D eigenvalue weighted by Gasteiger charge is -2.14. The Morgan fingerprint density at radius 1 is 1.50 bits per heavy atom. The molecule has 1 aromatic rings. The van der Waals surface area contributed by atoms with Crippen LogP contribution >= 0.6 is 27.5 Å². The van der Waals surface area contributed by atoms with Gasteiger partial charge in [-0.15, -0.1) is 0 Å². The number of halogens is 2. The molecule has 0 saturated carbocycles. The minimum Gasteiger partial charge on any atom is -0.489 e. The highest BCUT2D eigenvalue weighted by Crippen LogP contribution is 2.27. The molecule has 18 heavy (non-hydrogen) atoms. The molecule has 0 amide bonds. The minimum absolute atomic E-state index is 0.191. The van der Waals surface area contributed by atoms with Gasteiger partial charge in [0.2, 0.25) is 0 Å². The number of aliphatic hydroxyl groups is 1. The summed E-state index contributed by atoms with van der Waals surface area (Å²) in [6.07, 6.45) is -0.586. The van der Waals surface area contributed by atoms with Gasteiger partial charge in [-0.05, 0) is 18.2 Å². The maximum absolute atomic E-state index is 9.69. The van der Waals surface area contributed by atoms with Gasteiger partial charge in [0.15, 0.2) is 0 Å². The van der Waals surface area contributed by atoms with Gasteiger partial charge in [0, 0.05) is 24.7 Å². The molecule has 0 saturated heterocycles. The van der Waals surface area contributed by atoms with Crippen molar-refractivity contribution in [3.8, 4) is 5.75 Å². The summed E-state index contributed by atoms with van der Waals surface area (Å²) in [5.41, 5.74) is 0. The number of rotatable bonds is 8. The first-order valence-electron chi connectivity index (χ1n) is 5.59. The van der Waals surface area contributed by atoms with E-state index in [2.05, 4.69) is 21.2 Å². The van der Waals surface area contributed by atoms with Gasteiger partial charge in [0.1, 0.15) is 18.5 Å². The van der Waals surface area contributed by atoms with Crippen LogP contribution in [-0.2, 0) is 4.74 Å². The second-order valence-corrected chi connectivity index (χ2v) is 5.06. The van der Waals surface area contributed by atoms with Crippen LogP contribution in [0.15, 0.2) is 22.7 Å². The highest BCUT2D eigenvalue weighted by atomic mass is 79.9. The fourth-order valence-corrected chi connectivity index (χ4v) is 1.79. The zero-order valence-electron chi connectivity index (χ0n) is 10.2. The number of hydrogen-bond acceptors (Lipinski definition) is 4. The van der Waals surface area contributed by atoms with Gasteiger partial charge < -0.3 is 19.9 Å². The van der Waals surface area contributed by atoms with Crippen molar-refractivity contribution in [3.05, 3.63) is 27.7 Å². The summed E-state index contributed by atoms with van der Waals surface area (Å²) in [5.74, 6) is 0.557. The highest BCUT2D eigenvalue weighted by molar-refractivity contribution is 9.10. The molecule has 1 atom stereocenters. The topological polar surface area (TPSA) is 50.7 Å². The molecule has 0 heterocycles. The van der Waals surface area contributed by atoms with Gasteiger partial charge in [-0.1, -0.05) is 27.5 Å². The molecule has 0 radical (unpaired) electrons. The molecule has 0 aliphatic rings. The van der Waals surface area contributed by atoms with E-state index < -0.39 is 6.10 Å². The van der Waals surface area contributed by atoms with E-state index in [0.29, 0.717) is 30.5 Å². The van der Waals surface area contributed by atoms with Crippen LogP contribution in [0.25, 0.3) is 0 Å². The molecule has 102 valence electrons. The van der Waals surface area contributed by atoms with Crippen LogP contribution in [0.4, 0.5) is 0 Å². The van der Waals surface area contributed by atoms with Crippen LogP contribution in [0.1, 0.15) is 0 Å². The molecule has 0 spiro atoms. The monoisotopic (exact) mass is 337 g/mol. The van der Waals surface area contributed by atoms with Crippen molar-refractivity contribution in [1.82, 2.24) is 5.32 Å². The van der Waals surface area contributed by atoms with E-state index in [9.17, 15) is 5.11 Å². The van der Waals surface area contributed by atoms with Crippen molar-refractivity contribution in [2.24, 2.45) is 0 Å². The van der Waals surface area contributed by atoms with E-state index in [0.717, 1.165) is 4.47 Å². The van der Waals surface area contributed by atoms with Crippen LogP contribution in [0.3, 0.4) is 0 Å². The highest BCUT2D eigenvalue weighted by Gasteiger charge is 2.07. The molecular weight excluding hydrogens is 321 g/mol. The molecule has 0 fully saturated rings. The quantitative estimate of drug-likeness (QED) is 0.713. The molecule has 0 bridgehead atoms. The summed E-state index contributed by atoms with van der Waals surface area (Å²) in [5, 5.41) is 13.3. The smallest absolute Gasteiger partial charge is 0.139 e. The number of aliphatic hydroxyl groups excluding tert-OH is 1. The fraction of sp³-hybridized carbons (Fsp3) is 0.500. The first-order valence-corrected chi connectivity index (χ1v) is 6.76. The largest absolute Gasteiger partial charge is 0.489 e. The van der Waals surface area contributed by atoms with Gasteiger partial charge >= 0.3 is 0 Å². The van der Waals surface area contributed by atoms with E-state index in [1.165, 1.54) is 0 Å². The maximum Gasteiger partial charge on any atom is 0.139 e. The van der Waals surface area contributed by atoms with E-state index in [4.69, 9.17) is 21.1 Å². The molecule has 0 aromatic heterocycles. The standard InChI is InChI=1S/C12H17BrClNO3/c1-17-5-4-15-7-10(16)8-18-12-6-9(13)2-3-11(12)14/h2-3,6,10,15-16H,4-5,7-8H2,1H3. The van der Waals surface area contributed by atoms with Gasteiger partial charge in [-0.3, -0.25) is 0 Å². The lowest BCUT2D eigenvalue weighted by molar-refractivity contribution is 0.103. The van der Waals surface area contributed by atoms with Gasteiger partial charge in [0.05, 0.1) is 11.6 Å². The predicted molar refractivity (Wildman–Crippen MR) is 75.4 cm³/mol. The molecule has 4 nitrogen and oxygen atoms in total. The third kappa shape index (κ3) is 6.02. The first-order chi connectivity index (χ1) is 8.63. The Morgan fingerprint density at radius 2 is 2.28 bits per heavy atom. The van der Waals surface area contributed by atoms with Crippen molar-refractivity contribution < 1.29 is 14.6 Å². The van der Waals surface area contributed by atoms with Gasteiger partial charge in [0.25, 0.3) is 0 Å². The van der Waals surface area contributed by atoms with Crippen LogP contribution in [0.2, 0.25) is 5.02 Å². The summed E-state index contributed by atoms with van der Waals surface area (Å²) >= 11 is 9.30. The van der Waals surface area contributed by atoms with Crippen molar-refractivity contribution in [3.63, 3.8) is 0 Å². The summed E-state index contributed by atoms with van der Waals surface area (Å²) in [6, 6.07) is 5.34. The normalized spacial score (nSPS) is 12.4. The summed E-state index contributed by atoms with van der Waals surface area (Å²) in [6.45, 7) is 1.96. The Bertz CT molecular complexity index is 365. The lowest BCUT2D eigenvalue weighted by Crippen LogP contribution is -2.33. The van der Waals surface area contributed by atoms with Gasteiger partial charge in [-0.2, -0.15) is 0 Å². The van der Waals surface area contributed by atoms with Crippen molar-refractivity contribution in [2.75, 3.05) is 33.4 Å². The predicted octanol–water partition coefficient (Wildman–Crippen LogP) is 2.08. The Hall–Kier alpha value is -0.330. The fourth-order valence-electron chi connectivity index (χ4n) is 1.28. The number of hydrogen-bond donors (Lipinski definition) is 2. The molecule has 2 N–H and O–H groups in total. The molecular formula is C12H17BrClNO3. The number of ether oxygens (including phenoxy) is 2. The second kappa shape index (κ2) is 8.72. The summed E-state index contributed by atoms with van der Waals surface area (Å²) in [7, 11) is 1.64. The lowest BCUT2D eigenvalue weighted by atomic mass is 10.3. The van der Waals surface area contributed by atoms with Crippen molar-refractivity contribution >= 4 is 27.5 Å². The molecule has 1 aromatic carbocycles. The average Bonchev–Trinajstić information content (AvgIpc) is 2.36. The van der Waals surface area contributed by atoms with E-state index in [1.807, 2.05) is 6.07 Å². The second-order valence-electron chi connectivity index (χ2n) is 3.74. The Labute approximate surface area is 120 Å². The Kier molecular flexibility index (Phi) is 7.62. The van der Waals surface area contributed by atoms with E-state index >= 15 is 0 Å². The first kappa shape index (κ1) is 15.7. The Balaban J connectivity index is 2.29. The van der Waals surface area contributed by atoms with E-state index in [-0.39, 0.29) is 6.61 Å². The third-order valence-corrected chi connectivity index (χ3v) is 2.99. The maximum atomic E-state index is 9.69. The molecule has 1 rings (SSSR count). The Morgan fingerprint density at radius 3 is 3.00 bits per heavy atom. The molecule has 0 aliphatic carbocycles. The number of benzene rings is 1. The zero-order chi connectivity index (χ0) is 13.4. The van der Waals surface area contributed by atoms with Crippen LogP contribution < -0.4 is 10.1 Å². The van der Waals surface area contributed by atoms with Crippen LogP contribution in [0.5, 0.6) is 5.75 Å². The van der Waals surface area contributed by atoms with Crippen LogP contribution in [-0.4, -0.2) is 44.6 Å². The van der Waals surface area contributed by atoms with Crippen LogP contribution in [0, 0.1) is 0 Å². The van der Waals surface area contributed by atoms with E-state index in [1.54, 1.807) is 19.2 Å². The zero-order valence-corrected chi connectivity index (χ0v) is 12.5.